The van der Waals surface area contributed by atoms with Crippen molar-refractivity contribution in [2.24, 2.45) is 11.8 Å². The molecule has 5 rings (SSSR count). The van der Waals surface area contributed by atoms with Crippen molar-refractivity contribution in [1.29, 1.82) is 5.26 Å². The lowest BCUT2D eigenvalue weighted by Crippen LogP contribution is -2.32. The highest BCUT2D eigenvalue weighted by Gasteiger charge is 2.39. The van der Waals surface area contributed by atoms with Gasteiger partial charge in [0.25, 0.3) is 10.0 Å². The predicted octanol–water partition coefficient (Wildman–Crippen LogP) is 2.58. The quantitative estimate of drug-likeness (QED) is 0.696. The maximum absolute atomic E-state index is 13.2. The molecule has 0 spiro atoms. The Morgan fingerprint density at radius 3 is 2.53 bits per heavy atom. The molecule has 3 aromatic rings. The molecule has 3 atom stereocenters. The highest BCUT2D eigenvalue weighted by atomic mass is 32.2. The van der Waals surface area contributed by atoms with E-state index in [4.69, 9.17) is 0 Å². The molecule has 7 nitrogen and oxygen atoms in total. The Labute approximate surface area is 176 Å². The fourth-order valence-corrected chi connectivity index (χ4v) is 6.37. The van der Waals surface area contributed by atoms with Crippen LogP contribution >= 0.6 is 0 Å². The second-order valence-electron chi connectivity index (χ2n) is 8.21. The summed E-state index contributed by atoms with van der Waals surface area (Å²) in [5.41, 5.74) is 1.58. The first kappa shape index (κ1) is 19.1. The van der Waals surface area contributed by atoms with Gasteiger partial charge in [-0.2, -0.15) is 5.26 Å². The van der Waals surface area contributed by atoms with E-state index in [1.807, 2.05) is 7.05 Å². The van der Waals surface area contributed by atoms with E-state index in [1.54, 1.807) is 36.4 Å². The number of hydrogen-bond acceptors (Lipinski definition) is 6. The molecule has 154 valence electrons. The zero-order valence-electron chi connectivity index (χ0n) is 16.7. The molecule has 0 radical (unpaired) electrons. The zero-order valence-corrected chi connectivity index (χ0v) is 17.5. The number of anilines is 1. The van der Waals surface area contributed by atoms with E-state index in [1.165, 1.54) is 16.4 Å². The molecule has 2 aliphatic rings. The maximum atomic E-state index is 13.2. The standard InChI is InChI=1S/C22H23N5O2S/c1-26(18-9-15-12-24-13-16(15)10-18)21-17(11-23)14-25-22-20(21)7-8-27(22)30(28,29)19-5-3-2-4-6-19/h2-8,14-16,18,24H,9-10,12-13H2,1H3/t15-,16+,18?. The van der Waals surface area contributed by atoms with Gasteiger partial charge in [0.1, 0.15) is 6.07 Å². The summed E-state index contributed by atoms with van der Waals surface area (Å²) in [4.78, 5) is 6.73. The summed E-state index contributed by atoms with van der Waals surface area (Å²) >= 11 is 0. The summed E-state index contributed by atoms with van der Waals surface area (Å²) in [5, 5.41) is 13.9. The topological polar surface area (TPSA) is 91.0 Å². The number of pyridine rings is 1. The Kier molecular flexibility index (Phi) is 4.53. The molecule has 0 bridgehead atoms. The van der Waals surface area contributed by atoms with Crippen molar-refractivity contribution in [3.05, 3.63) is 54.4 Å². The van der Waals surface area contributed by atoms with Gasteiger partial charge < -0.3 is 10.2 Å². The van der Waals surface area contributed by atoms with Crippen molar-refractivity contribution in [2.45, 2.75) is 23.8 Å². The third kappa shape index (κ3) is 2.89. The molecule has 1 saturated carbocycles. The Morgan fingerprint density at radius 1 is 1.17 bits per heavy atom. The number of nitriles is 1. The third-order valence-electron chi connectivity index (χ3n) is 6.60. The van der Waals surface area contributed by atoms with Crippen molar-refractivity contribution < 1.29 is 8.42 Å². The van der Waals surface area contributed by atoms with Crippen LogP contribution in [-0.4, -0.2) is 43.6 Å². The van der Waals surface area contributed by atoms with Gasteiger partial charge in [-0.1, -0.05) is 18.2 Å². The van der Waals surface area contributed by atoms with Gasteiger partial charge in [-0.25, -0.2) is 17.4 Å². The molecule has 2 aromatic heterocycles. The minimum absolute atomic E-state index is 0.208. The molecule has 30 heavy (non-hydrogen) atoms. The molecular weight excluding hydrogens is 398 g/mol. The summed E-state index contributed by atoms with van der Waals surface area (Å²) in [6, 6.07) is 12.7. The van der Waals surface area contributed by atoms with Gasteiger partial charge in [-0.05, 0) is 56.0 Å². The molecule has 1 N–H and O–H groups in total. The third-order valence-corrected chi connectivity index (χ3v) is 8.28. The fourth-order valence-electron chi connectivity index (χ4n) is 5.04. The summed E-state index contributed by atoms with van der Waals surface area (Å²) in [7, 11) is -1.76. The molecule has 1 unspecified atom stereocenters. The highest BCUT2D eigenvalue weighted by molar-refractivity contribution is 7.90. The average molecular weight is 422 g/mol. The maximum Gasteiger partial charge on any atom is 0.269 e. The molecule has 0 amide bonds. The summed E-state index contributed by atoms with van der Waals surface area (Å²) in [6.45, 7) is 2.11. The smallest absolute Gasteiger partial charge is 0.269 e. The van der Waals surface area contributed by atoms with Crippen LogP contribution in [0.5, 0.6) is 0 Å². The van der Waals surface area contributed by atoms with Gasteiger partial charge in [0.2, 0.25) is 0 Å². The first-order chi connectivity index (χ1) is 14.5. The number of rotatable bonds is 4. The van der Waals surface area contributed by atoms with E-state index in [2.05, 4.69) is 21.3 Å². The van der Waals surface area contributed by atoms with Crippen LogP contribution in [0.1, 0.15) is 18.4 Å². The van der Waals surface area contributed by atoms with Crippen LogP contribution in [0, 0.1) is 23.2 Å². The van der Waals surface area contributed by atoms with Crippen molar-refractivity contribution in [3.8, 4) is 6.07 Å². The van der Waals surface area contributed by atoms with Crippen molar-refractivity contribution in [1.82, 2.24) is 14.3 Å². The molecule has 1 aromatic carbocycles. The second-order valence-corrected chi connectivity index (χ2v) is 10.0. The molecule has 8 heteroatoms. The summed E-state index contributed by atoms with van der Waals surface area (Å²) in [5.74, 6) is 1.34. The minimum Gasteiger partial charge on any atom is -0.370 e. The van der Waals surface area contributed by atoms with Crippen LogP contribution in [0.4, 0.5) is 5.69 Å². The van der Waals surface area contributed by atoms with Gasteiger partial charge in [0.15, 0.2) is 5.65 Å². The molecule has 3 heterocycles. The predicted molar refractivity (Wildman–Crippen MR) is 115 cm³/mol. The first-order valence-corrected chi connectivity index (χ1v) is 11.6. The lowest BCUT2D eigenvalue weighted by Gasteiger charge is -2.29. The van der Waals surface area contributed by atoms with E-state index in [9.17, 15) is 13.7 Å². The first-order valence-electron chi connectivity index (χ1n) is 10.1. The molecule has 1 aliphatic heterocycles. The number of nitrogens with zero attached hydrogens (tertiary/aromatic N) is 4. The van der Waals surface area contributed by atoms with Crippen molar-refractivity contribution in [3.63, 3.8) is 0 Å². The van der Waals surface area contributed by atoms with E-state index in [0.717, 1.165) is 31.6 Å². The van der Waals surface area contributed by atoms with Crippen LogP contribution in [-0.2, 0) is 10.0 Å². The largest absolute Gasteiger partial charge is 0.370 e. The van der Waals surface area contributed by atoms with Crippen LogP contribution in [0.25, 0.3) is 11.0 Å². The van der Waals surface area contributed by atoms with Crippen LogP contribution < -0.4 is 10.2 Å². The normalized spacial score (nSPS) is 23.4. The molecule has 2 fully saturated rings. The second kappa shape index (κ2) is 7.11. The summed E-state index contributed by atoms with van der Waals surface area (Å²) < 4.78 is 27.6. The highest BCUT2D eigenvalue weighted by Crippen LogP contribution is 2.40. The minimum atomic E-state index is -3.77. The Morgan fingerprint density at radius 2 is 1.87 bits per heavy atom. The Balaban J connectivity index is 1.60. The van der Waals surface area contributed by atoms with Crippen LogP contribution in [0.3, 0.4) is 0 Å². The Hall–Kier alpha value is -2.89. The van der Waals surface area contributed by atoms with Crippen LogP contribution in [0.15, 0.2) is 53.7 Å². The van der Waals surface area contributed by atoms with Gasteiger partial charge in [-0.15, -0.1) is 0 Å². The average Bonchev–Trinajstić information content (AvgIpc) is 3.47. The van der Waals surface area contributed by atoms with Gasteiger partial charge in [-0.3, -0.25) is 0 Å². The number of nitrogens with one attached hydrogen (secondary N) is 1. The number of aromatic nitrogens is 2. The van der Waals surface area contributed by atoms with E-state index in [-0.39, 0.29) is 4.90 Å². The van der Waals surface area contributed by atoms with Gasteiger partial charge >= 0.3 is 0 Å². The van der Waals surface area contributed by atoms with Crippen molar-refractivity contribution in [2.75, 3.05) is 25.0 Å². The monoisotopic (exact) mass is 421 g/mol. The Bertz CT molecular complexity index is 1230. The lowest BCUT2D eigenvalue weighted by molar-refractivity contribution is 0.494. The fraction of sp³-hybridized carbons (Fsp3) is 0.364. The van der Waals surface area contributed by atoms with Crippen LogP contribution in [0.2, 0.25) is 0 Å². The van der Waals surface area contributed by atoms with E-state index in [0.29, 0.717) is 34.5 Å². The number of fused-ring (bicyclic) bond motifs is 2. The van der Waals surface area contributed by atoms with Gasteiger partial charge in [0, 0.05) is 30.9 Å². The van der Waals surface area contributed by atoms with Crippen molar-refractivity contribution >= 4 is 26.7 Å². The molecule has 1 aliphatic carbocycles. The van der Waals surface area contributed by atoms with E-state index < -0.39 is 10.0 Å². The SMILES string of the molecule is CN(c1c(C#N)cnc2c1ccn2S(=O)(=O)c1ccccc1)C1C[C@H]2CNC[C@H]2C1. The molecule has 1 saturated heterocycles. The zero-order chi connectivity index (χ0) is 20.9. The summed E-state index contributed by atoms with van der Waals surface area (Å²) in [6.07, 6.45) is 5.17. The van der Waals surface area contributed by atoms with Gasteiger partial charge in [0.05, 0.1) is 16.1 Å². The van der Waals surface area contributed by atoms with E-state index >= 15 is 0 Å². The lowest BCUT2D eigenvalue weighted by atomic mass is 10.0. The number of benzene rings is 1. The molecular formula is C22H23N5O2S. The number of hydrogen-bond donors (Lipinski definition) is 1.